The van der Waals surface area contributed by atoms with Gasteiger partial charge >= 0.3 is 0 Å². The first-order valence-corrected chi connectivity index (χ1v) is 7.69. The normalized spacial score (nSPS) is 12.4. The molecule has 0 aliphatic rings. The summed E-state index contributed by atoms with van der Waals surface area (Å²) in [5.74, 6) is -0.0348. The van der Waals surface area contributed by atoms with Gasteiger partial charge in [-0.1, -0.05) is 11.6 Å². The fourth-order valence-electron chi connectivity index (χ4n) is 2.25. The van der Waals surface area contributed by atoms with E-state index in [0.717, 1.165) is 5.52 Å². The van der Waals surface area contributed by atoms with Crippen LogP contribution in [-0.4, -0.2) is 27.4 Å². The van der Waals surface area contributed by atoms with Crippen LogP contribution in [0.4, 0.5) is 10.3 Å². The summed E-state index contributed by atoms with van der Waals surface area (Å²) in [5.41, 5.74) is 5.24. The van der Waals surface area contributed by atoms with Crippen LogP contribution in [-0.2, 0) is 0 Å². The van der Waals surface area contributed by atoms with Crippen LogP contribution in [0.3, 0.4) is 0 Å². The SMILES string of the molecule is C=NNC(=CC(C)=Nc1nc2ncccc2[nH]1)c1cc(Cl)ccc1F. The minimum Gasteiger partial charge on any atom is -0.321 e. The van der Waals surface area contributed by atoms with Crippen molar-refractivity contribution in [3.8, 4) is 0 Å². The maximum Gasteiger partial charge on any atom is 0.229 e. The topological polar surface area (TPSA) is 78.3 Å². The number of nitrogens with one attached hydrogen (secondary N) is 2. The molecule has 0 saturated carbocycles. The Morgan fingerprint density at radius 3 is 3.00 bits per heavy atom. The first-order chi connectivity index (χ1) is 12.1. The molecule has 0 atom stereocenters. The number of hydrogen-bond donors (Lipinski definition) is 2. The summed E-state index contributed by atoms with van der Waals surface area (Å²) in [5, 5.41) is 4.02. The second kappa shape index (κ2) is 7.23. The Balaban J connectivity index is 1.98. The van der Waals surface area contributed by atoms with Crippen molar-refractivity contribution < 1.29 is 4.39 Å². The van der Waals surface area contributed by atoms with Crippen molar-refractivity contribution in [2.75, 3.05) is 0 Å². The number of aromatic amines is 1. The van der Waals surface area contributed by atoms with Gasteiger partial charge in [0.15, 0.2) is 5.65 Å². The Bertz CT molecular complexity index is 959. The summed E-state index contributed by atoms with van der Waals surface area (Å²) in [6.45, 7) is 5.13. The minimum absolute atomic E-state index is 0.265. The fraction of sp³-hybridized carbons (Fsp3) is 0.0588. The molecule has 0 radical (unpaired) electrons. The molecule has 0 unspecified atom stereocenters. The first-order valence-electron chi connectivity index (χ1n) is 7.31. The molecule has 2 heterocycles. The number of fused-ring (bicyclic) bond motifs is 1. The summed E-state index contributed by atoms with van der Waals surface area (Å²) in [6.07, 6.45) is 3.28. The first kappa shape index (κ1) is 16.8. The molecule has 6 nitrogen and oxygen atoms in total. The van der Waals surface area contributed by atoms with E-state index in [2.05, 4.69) is 37.2 Å². The minimum atomic E-state index is -0.437. The molecule has 1 aromatic carbocycles. The zero-order chi connectivity index (χ0) is 17.8. The van der Waals surface area contributed by atoms with Gasteiger partial charge < -0.3 is 4.98 Å². The van der Waals surface area contributed by atoms with Crippen LogP contribution >= 0.6 is 11.6 Å². The lowest BCUT2D eigenvalue weighted by molar-refractivity contribution is 0.622. The number of nitrogens with zero attached hydrogens (tertiary/aromatic N) is 4. The Kier molecular flexibility index (Phi) is 4.85. The van der Waals surface area contributed by atoms with E-state index < -0.39 is 5.82 Å². The van der Waals surface area contributed by atoms with Crippen molar-refractivity contribution in [3.05, 3.63) is 59.0 Å². The van der Waals surface area contributed by atoms with Gasteiger partial charge in [-0.05, 0) is 43.3 Å². The van der Waals surface area contributed by atoms with Crippen LogP contribution in [0.1, 0.15) is 12.5 Å². The third-order valence-electron chi connectivity index (χ3n) is 3.30. The van der Waals surface area contributed by atoms with Crippen LogP contribution in [0.5, 0.6) is 0 Å². The maximum absolute atomic E-state index is 14.1. The lowest BCUT2D eigenvalue weighted by atomic mass is 10.1. The highest BCUT2D eigenvalue weighted by Gasteiger charge is 2.09. The number of halogens is 2. The smallest absolute Gasteiger partial charge is 0.229 e. The van der Waals surface area contributed by atoms with Crippen molar-refractivity contribution in [2.24, 2.45) is 10.1 Å². The van der Waals surface area contributed by atoms with Gasteiger partial charge in [-0.2, -0.15) is 10.1 Å². The highest BCUT2D eigenvalue weighted by atomic mass is 35.5. The largest absolute Gasteiger partial charge is 0.321 e. The van der Waals surface area contributed by atoms with Crippen molar-refractivity contribution in [3.63, 3.8) is 0 Å². The zero-order valence-corrected chi connectivity index (χ0v) is 14.0. The zero-order valence-electron chi connectivity index (χ0n) is 13.3. The van der Waals surface area contributed by atoms with Crippen molar-refractivity contribution in [1.29, 1.82) is 0 Å². The molecular weight excluding hydrogens is 343 g/mol. The summed E-state index contributed by atoms with van der Waals surface area (Å²) < 4.78 is 14.1. The number of hydrazone groups is 1. The van der Waals surface area contributed by atoms with Gasteiger partial charge in [-0.25, -0.2) is 14.4 Å². The standard InChI is InChI=1S/C17H14ClFN6/c1-10(22-17-23-14-4-3-7-21-16(14)24-17)8-15(25-20-2)12-9-11(18)5-6-13(12)19/h3-9,25H,2H2,1H3,(H,21,23,24). The van der Waals surface area contributed by atoms with Gasteiger partial charge in [0.05, 0.1) is 11.2 Å². The highest BCUT2D eigenvalue weighted by Crippen LogP contribution is 2.21. The average molecular weight is 357 g/mol. The van der Waals surface area contributed by atoms with Crippen molar-refractivity contribution >= 4 is 46.8 Å². The van der Waals surface area contributed by atoms with Gasteiger partial charge in [0.25, 0.3) is 0 Å². The Morgan fingerprint density at radius 1 is 1.40 bits per heavy atom. The van der Waals surface area contributed by atoms with Gasteiger partial charge in [0.1, 0.15) is 5.82 Å². The predicted octanol–water partition coefficient (Wildman–Crippen LogP) is 4.09. The molecule has 25 heavy (non-hydrogen) atoms. The molecular formula is C17H14ClFN6. The highest BCUT2D eigenvalue weighted by molar-refractivity contribution is 6.30. The van der Waals surface area contributed by atoms with E-state index in [0.29, 0.717) is 28.0 Å². The number of rotatable bonds is 5. The van der Waals surface area contributed by atoms with Crippen LogP contribution in [0.15, 0.2) is 52.7 Å². The molecule has 126 valence electrons. The molecule has 2 N–H and O–H groups in total. The molecule has 0 bridgehead atoms. The Labute approximate surface area is 148 Å². The second-order valence-corrected chi connectivity index (χ2v) is 5.58. The number of aliphatic imine (C=N–C) groups is 1. The lowest BCUT2D eigenvalue weighted by Gasteiger charge is -2.08. The van der Waals surface area contributed by atoms with Crippen LogP contribution in [0.25, 0.3) is 16.9 Å². The van der Waals surface area contributed by atoms with Gasteiger partial charge in [-0.15, -0.1) is 0 Å². The molecule has 8 heteroatoms. The molecule has 3 rings (SSSR count). The average Bonchev–Trinajstić information content (AvgIpc) is 2.98. The van der Waals surface area contributed by atoms with Crippen LogP contribution in [0.2, 0.25) is 5.02 Å². The summed E-state index contributed by atoms with van der Waals surface area (Å²) in [7, 11) is 0. The summed E-state index contributed by atoms with van der Waals surface area (Å²) in [6, 6.07) is 7.92. The van der Waals surface area contributed by atoms with E-state index >= 15 is 0 Å². The summed E-state index contributed by atoms with van der Waals surface area (Å²) >= 11 is 5.95. The fourth-order valence-corrected chi connectivity index (χ4v) is 2.42. The molecule has 0 amide bonds. The Hall–Kier alpha value is -3.06. The molecule has 0 fully saturated rings. The number of hydrogen-bond acceptors (Lipinski definition) is 5. The molecule has 0 saturated heterocycles. The molecule has 2 aromatic heterocycles. The van der Waals surface area contributed by atoms with E-state index in [1.165, 1.54) is 18.2 Å². The lowest BCUT2D eigenvalue weighted by Crippen LogP contribution is -2.07. The van der Waals surface area contributed by atoms with Gasteiger partial charge in [0.2, 0.25) is 5.95 Å². The van der Waals surface area contributed by atoms with Gasteiger partial charge in [0, 0.05) is 29.2 Å². The second-order valence-electron chi connectivity index (χ2n) is 5.14. The van der Waals surface area contributed by atoms with Gasteiger partial charge in [-0.3, -0.25) is 5.43 Å². The monoisotopic (exact) mass is 356 g/mol. The molecule has 0 spiro atoms. The van der Waals surface area contributed by atoms with Crippen LogP contribution < -0.4 is 5.43 Å². The number of allylic oxidation sites excluding steroid dienone is 1. The van der Waals surface area contributed by atoms with Crippen LogP contribution in [0, 0.1) is 5.82 Å². The molecule has 0 aliphatic carbocycles. The number of benzene rings is 1. The predicted molar refractivity (Wildman–Crippen MR) is 98.7 cm³/mol. The van der Waals surface area contributed by atoms with E-state index in [1.807, 2.05) is 6.07 Å². The van der Waals surface area contributed by atoms with Crippen molar-refractivity contribution in [2.45, 2.75) is 6.92 Å². The van der Waals surface area contributed by atoms with E-state index in [4.69, 9.17) is 11.6 Å². The quantitative estimate of drug-likeness (QED) is 0.534. The third kappa shape index (κ3) is 3.89. The van der Waals surface area contributed by atoms with E-state index in [-0.39, 0.29) is 5.56 Å². The number of imidazole rings is 1. The van der Waals surface area contributed by atoms with E-state index in [9.17, 15) is 4.39 Å². The Morgan fingerprint density at radius 2 is 2.24 bits per heavy atom. The van der Waals surface area contributed by atoms with E-state index in [1.54, 1.807) is 25.3 Å². The molecule has 0 aliphatic heterocycles. The number of H-pyrrole nitrogens is 1. The summed E-state index contributed by atoms with van der Waals surface area (Å²) in [4.78, 5) is 15.8. The third-order valence-corrected chi connectivity index (χ3v) is 3.53. The van der Waals surface area contributed by atoms with Crippen molar-refractivity contribution in [1.82, 2.24) is 20.4 Å². The maximum atomic E-state index is 14.1. The number of aromatic nitrogens is 3. The molecule has 3 aromatic rings. The number of pyridine rings is 1.